The van der Waals surface area contributed by atoms with E-state index in [1.807, 2.05) is 42.6 Å². The standard InChI is InChI=1S/C26H28N2O3/c27-16-24(25(29)14-19-5-6-22-17-28-12-11-21(22)13-19)20-7-9-23(10-8-20)31-26(30)15-18-3-1-2-4-18/h5-13,17-18,24H,1-4,14-16,27H2. The Bertz CT molecular complexity index is 1060. The van der Waals surface area contributed by atoms with Gasteiger partial charge in [0.05, 0.1) is 5.92 Å². The van der Waals surface area contributed by atoms with Crippen molar-refractivity contribution >= 4 is 22.5 Å². The fourth-order valence-electron chi connectivity index (χ4n) is 4.41. The van der Waals surface area contributed by atoms with E-state index in [0.29, 0.717) is 24.5 Å². The minimum Gasteiger partial charge on any atom is -0.427 e. The third-order valence-electron chi connectivity index (χ3n) is 6.15. The van der Waals surface area contributed by atoms with E-state index >= 15 is 0 Å². The number of esters is 1. The van der Waals surface area contributed by atoms with Crippen LogP contribution in [0.3, 0.4) is 0 Å². The topological polar surface area (TPSA) is 82.3 Å². The molecule has 3 aromatic rings. The van der Waals surface area contributed by atoms with Crippen LogP contribution in [-0.2, 0) is 16.0 Å². The summed E-state index contributed by atoms with van der Waals surface area (Å²) in [5, 5.41) is 2.11. The molecule has 4 rings (SSSR count). The molecule has 31 heavy (non-hydrogen) atoms. The average Bonchev–Trinajstić information content (AvgIpc) is 3.28. The second-order valence-corrected chi connectivity index (χ2v) is 8.39. The number of nitrogens with two attached hydrogens (primary N) is 1. The second-order valence-electron chi connectivity index (χ2n) is 8.39. The van der Waals surface area contributed by atoms with Crippen molar-refractivity contribution in [2.45, 2.75) is 44.4 Å². The maximum Gasteiger partial charge on any atom is 0.311 e. The normalized spacial score (nSPS) is 15.1. The first-order chi connectivity index (χ1) is 15.1. The lowest BCUT2D eigenvalue weighted by molar-refractivity contribution is -0.135. The fourth-order valence-corrected chi connectivity index (χ4v) is 4.41. The first-order valence-electron chi connectivity index (χ1n) is 11.0. The molecule has 0 spiro atoms. The van der Waals surface area contributed by atoms with Gasteiger partial charge in [0, 0.05) is 37.2 Å². The van der Waals surface area contributed by atoms with Crippen molar-refractivity contribution in [1.82, 2.24) is 4.98 Å². The summed E-state index contributed by atoms with van der Waals surface area (Å²) in [6.45, 7) is 0.233. The zero-order chi connectivity index (χ0) is 21.6. The van der Waals surface area contributed by atoms with E-state index in [2.05, 4.69) is 4.98 Å². The zero-order valence-electron chi connectivity index (χ0n) is 17.6. The zero-order valence-corrected chi connectivity index (χ0v) is 17.6. The molecule has 5 heteroatoms. The van der Waals surface area contributed by atoms with Crippen molar-refractivity contribution in [3.05, 3.63) is 72.1 Å². The molecular formula is C26H28N2O3. The Labute approximate surface area is 182 Å². The fraction of sp³-hybridized carbons (Fsp3) is 0.346. The monoisotopic (exact) mass is 416 g/mol. The van der Waals surface area contributed by atoms with Crippen molar-refractivity contribution in [3.63, 3.8) is 0 Å². The molecule has 1 fully saturated rings. The molecule has 0 bridgehead atoms. The van der Waals surface area contributed by atoms with Gasteiger partial charge in [-0.15, -0.1) is 0 Å². The van der Waals surface area contributed by atoms with Crippen LogP contribution in [0.4, 0.5) is 0 Å². The van der Waals surface area contributed by atoms with Crippen LogP contribution in [0.15, 0.2) is 60.9 Å². The lowest BCUT2D eigenvalue weighted by Crippen LogP contribution is -2.23. The summed E-state index contributed by atoms with van der Waals surface area (Å²) in [7, 11) is 0. The number of fused-ring (bicyclic) bond motifs is 1. The second kappa shape index (κ2) is 9.84. The van der Waals surface area contributed by atoms with E-state index in [-0.39, 0.29) is 18.3 Å². The summed E-state index contributed by atoms with van der Waals surface area (Å²) in [4.78, 5) is 29.2. The molecule has 160 valence electrons. The van der Waals surface area contributed by atoms with Gasteiger partial charge in [-0.2, -0.15) is 0 Å². The minimum absolute atomic E-state index is 0.0712. The number of carbonyl (C=O) groups is 2. The molecule has 1 aliphatic rings. The van der Waals surface area contributed by atoms with Crippen LogP contribution in [0.2, 0.25) is 0 Å². The molecule has 1 aromatic heterocycles. The van der Waals surface area contributed by atoms with E-state index < -0.39 is 5.92 Å². The predicted molar refractivity (Wildman–Crippen MR) is 121 cm³/mol. The van der Waals surface area contributed by atoms with Crippen molar-refractivity contribution in [1.29, 1.82) is 0 Å². The van der Waals surface area contributed by atoms with E-state index in [4.69, 9.17) is 10.5 Å². The van der Waals surface area contributed by atoms with E-state index in [0.717, 1.165) is 34.7 Å². The van der Waals surface area contributed by atoms with Crippen molar-refractivity contribution in [3.8, 4) is 5.75 Å². The van der Waals surface area contributed by atoms with Crippen LogP contribution in [0.5, 0.6) is 5.75 Å². The molecule has 1 atom stereocenters. The Morgan fingerprint density at radius 2 is 1.81 bits per heavy atom. The van der Waals surface area contributed by atoms with Gasteiger partial charge in [0.15, 0.2) is 0 Å². The Morgan fingerprint density at radius 1 is 1.03 bits per heavy atom. The average molecular weight is 417 g/mol. The van der Waals surface area contributed by atoms with Gasteiger partial charge in [0.25, 0.3) is 0 Å². The smallest absolute Gasteiger partial charge is 0.311 e. The number of pyridine rings is 1. The summed E-state index contributed by atoms with van der Waals surface area (Å²) < 4.78 is 5.48. The van der Waals surface area contributed by atoms with Crippen molar-refractivity contribution in [2.24, 2.45) is 11.7 Å². The van der Waals surface area contributed by atoms with Gasteiger partial charge in [-0.3, -0.25) is 14.6 Å². The lowest BCUT2D eigenvalue weighted by atomic mass is 9.90. The molecule has 0 amide bonds. The number of aromatic nitrogens is 1. The Morgan fingerprint density at radius 3 is 2.55 bits per heavy atom. The number of ether oxygens (including phenoxy) is 1. The molecule has 0 aliphatic heterocycles. The van der Waals surface area contributed by atoms with Crippen LogP contribution in [0.25, 0.3) is 10.8 Å². The third kappa shape index (κ3) is 5.36. The van der Waals surface area contributed by atoms with E-state index in [1.54, 1.807) is 18.3 Å². The number of rotatable bonds is 8. The maximum absolute atomic E-state index is 13.0. The van der Waals surface area contributed by atoms with Gasteiger partial charge in [-0.25, -0.2) is 0 Å². The Kier molecular flexibility index (Phi) is 6.73. The van der Waals surface area contributed by atoms with Crippen LogP contribution in [-0.4, -0.2) is 23.3 Å². The van der Waals surface area contributed by atoms with Crippen LogP contribution < -0.4 is 10.5 Å². The van der Waals surface area contributed by atoms with Crippen LogP contribution in [0, 0.1) is 5.92 Å². The van der Waals surface area contributed by atoms with Gasteiger partial charge in [-0.05, 0) is 53.5 Å². The van der Waals surface area contributed by atoms with Gasteiger partial charge in [0.1, 0.15) is 11.5 Å². The molecule has 1 saturated carbocycles. The summed E-state index contributed by atoms with van der Waals surface area (Å²) >= 11 is 0. The highest BCUT2D eigenvalue weighted by molar-refractivity contribution is 5.89. The third-order valence-corrected chi connectivity index (χ3v) is 6.15. The number of ketones is 1. The highest BCUT2D eigenvalue weighted by atomic mass is 16.5. The number of hydrogen-bond donors (Lipinski definition) is 1. The largest absolute Gasteiger partial charge is 0.427 e. The molecule has 5 nitrogen and oxygen atoms in total. The Hall–Kier alpha value is -3.05. The molecule has 1 unspecified atom stereocenters. The minimum atomic E-state index is -0.392. The van der Waals surface area contributed by atoms with Crippen LogP contribution in [0.1, 0.15) is 49.1 Å². The van der Waals surface area contributed by atoms with Gasteiger partial charge in [0.2, 0.25) is 0 Å². The van der Waals surface area contributed by atoms with E-state index in [9.17, 15) is 9.59 Å². The summed E-state index contributed by atoms with van der Waals surface area (Å²) in [6.07, 6.45) is 9.00. The molecule has 0 saturated heterocycles. The molecule has 1 heterocycles. The summed E-state index contributed by atoms with van der Waals surface area (Å²) in [6, 6.07) is 15.1. The Balaban J connectivity index is 1.39. The number of benzene rings is 2. The first kappa shape index (κ1) is 21.2. The van der Waals surface area contributed by atoms with Crippen molar-refractivity contribution in [2.75, 3.05) is 6.54 Å². The first-order valence-corrected chi connectivity index (χ1v) is 11.0. The highest BCUT2D eigenvalue weighted by Gasteiger charge is 2.21. The van der Waals surface area contributed by atoms with Gasteiger partial charge < -0.3 is 10.5 Å². The molecular weight excluding hydrogens is 388 g/mol. The van der Waals surface area contributed by atoms with Gasteiger partial charge >= 0.3 is 5.97 Å². The molecule has 2 N–H and O–H groups in total. The highest BCUT2D eigenvalue weighted by Crippen LogP contribution is 2.28. The summed E-state index contributed by atoms with van der Waals surface area (Å²) in [5.74, 6) is 0.464. The lowest BCUT2D eigenvalue weighted by Gasteiger charge is -2.15. The van der Waals surface area contributed by atoms with Crippen LogP contribution >= 0.6 is 0 Å². The number of hydrogen-bond acceptors (Lipinski definition) is 5. The molecule has 2 aromatic carbocycles. The number of nitrogens with zero attached hydrogens (tertiary/aromatic N) is 1. The molecule has 0 radical (unpaired) electrons. The molecule has 1 aliphatic carbocycles. The maximum atomic E-state index is 13.0. The van der Waals surface area contributed by atoms with Gasteiger partial charge in [-0.1, -0.05) is 43.2 Å². The number of Topliss-reactive ketones (excluding diaryl/α,β-unsaturated/α-hetero) is 1. The number of carbonyl (C=O) groups excluding carboxylic acids is 2. The SMILES string of the molecule is NCC(C(=O)Cc1ccc2cnccc2c1)c1ccc(OC(=O)CC2CCCC2)cc1. The predicted octanol–water partition coefficient (Wildman–Crippen LogP) is 4.57. The van der Waals surface area contributed by atoms with E-state index in [1.165, 1.54) is 12.8 Å². The summed E-state index contributed by atoms with van der Waals surface area (Å²) in [5.41, 5.74) is 7.74. The van der Waals surface area contributed by atoms with Crippen molar-refractivity contribution < 1.29 is 14.3 Å². The quantitative estimate of drug-likeness (QED) is 0.429.